The van der Waals surface area contributed by atoms with Gasteiger partial charge in [-0.2, -0.15) is 0 Å². The van der Waals surface area contributed by atoms with Gasteiger partial charge < -0.3 is 14.5 Å². The topological polar surface area (TPSA) is 77.2 Å². The van der Waals surface area contributed by atoms with Crippen molar-refractivity contribution in [2.45, 2.75) is 26.7 Å². The van der Waals surface area contributed by atoms with Crippen LogP contribution in [0.4, 0.5) is 5.13 Å². The Morgan fingerprint density at radius 2 is 1.90 bits per heavy atom. The third kappa shape index (κ3) is 5.00. The monoisotopic (exact) mass is 433 g/mol. The number of methoxy groups -OCH3 is 1. The van der Waals surface area contributed by atoms with E-state index in [1.807, 2.05) is 61.7 Å². The van der Waals surface area contributed by atoms with Gasteiger partial charge in [-0.05, 0) is 26.0 Å². The second kappa shape index (κ2) is 9.14. The molecule has 7 heteroatoms. The lowest BCUT2D eigenvalue weighted by Crippen LogP contribution is -2.12. The zero-order valence-corrected chi connectivity index (χ0v) is 18.5. The van der Waals surface area contributed by atoms with E-state index in [0.717, 1.165) is 28.1 Å². The largest absolute Gasteiger partial charge is 0.496 e. The predicted octanol–water partition coefficient (Wildman–Crippen LogP) is 5.66. The fourth-order valence-electron chi connectivity index (χ4n) is 3.16. The summed E-state index contributed by atoms with van der Waals surface area (Å²) in [5.74, 6) is 1.86. The molecule has 1 amide bonds. The van der Waals surface area contributed by atoms with Crippen LogP contribution in [0.2, 0.25) is 0 Å². The number of carbonyl (C=O) groups excluding carboxylic acids is 1. The molecule has 0 aliphatic heterocycles. The van der Waals surface area contributed by atoms with Crippen molar-refractivity contribution >= 4 is 22.4 Å². The highest BCUT2D eigenvalue weighted by Crippen LogP contribution is 2.33. The lowest BCUT2D eigenvalue weighted by atomic mass is 10.1. The summed E-state index contributed by atoms with van der Waals surface area (Å²) in [7, 11) is 1.64. The molecule has 2 heterocycles. The van der Waals surface area contributed by atoms with E-state index >= 15 is 0 Å². The first-order valence-corrected chi connectivity index (χ1v) is 10.8. The lowest BCUT2D eigenvalue weighted by molar-refractivity contribution is -0.116. The zero-order chi connectivity index (χ0) is 21.8. The van der Waals surface area contributed by atoms with E-state index in [2.05, 4.69) is 15.3 Å². The number of benzene rings is 2. The quantitative estimate of drug-likeness (QED) is 0.407. The van der Waals surface area contributed by atoms with Gasteiger partial charge in [0.1, 0.15) is 5.75 Å². The molecule has 0 saturated heterocycles. The molecule has 0 fully saturated rings. The molecule has 4 rings (SSSR count). The van der Waals surface area contributed by atoms with Gasteiger partial charge in [0, 0.05) is 29.3 Å². The van der Waals surface area contributed by atoms with Crippen molar-refractivity contribution in [1.82, 2.24) is 9.97 Å². The first kappa shape index (κ1) is 20.8. The summed E-state index contributed by atoms with van der Waals surface area (Å²) >= 11 is 1.38. The van der Waals surface area contributed by atoms with E-state index in [0.29, 0.717) is 23.2 Å². The Kier molecular flexibility index (Phi) is 6.13. The van der Waals surface area contributed by atoms with Gasteiger partial charge in [-0.25, -0.2) is 9.97 Å². The van der Waals surface area contributed by atoms with Crippen LogP contribution >= 0.6 is 11.3 Å². The number of oxazole rings is 1. The van der Waals surface area contributed by atoms with Crippen LogP contribution in [0.1, 0.15) is 23.4 Å². The van der Waals surface area contributed by atoms with E-state index in [9.17, 15) is 4.79 Å². The second-order valence-corrected chi connectivity index (χ2v) is 8.13. The number of amides is 1. The minimum atomic E-state index is -0.132. The van der Waals surface area contributed by atoms with Crippen molar-refractivity contribution in [2.75, 3.05) is 12.4 Å². The standard InChI is InChI=1S/C24H23N3O3S/c1-15-4-7-17(8-5-15)21-13-25-23(30-21)11-10-22(28)27-24-26-19(14-31-24)18-12-16(2)6-9-20(18)29-3/h4-9,12-14H,10-11H2,1-3H3,(H,26,27,28). The number of hydrogen-bond donors (Lipinski definition) is 1. The number of nitrogens with zero attached hydrogens (tertiary/aromatic N) is 2. The van der Waals surface area contributed by atoms with Crippen LogP contribution in [-0.4, -0.2) is 23.0 Å². The van der Waals surface area contributed by atoms with Crippen LogP contribution < -0.4 is 10.1 Å². The maximum atomic E-state index is 12.4. The maximum Gasteiger partial charge on any atom is 0.226 e. The van der Waals surface area contributed by atoms with Gasteiger partial charge in [0.05, 0.1) is 19.0 Å². The average molecular weight is 434 g/mol. The Bertz CT molecular complexity index is 1200. The van der Waals surface area contributed by atoms with Crippen LogP contribution in [0.25, 0.3) is 22.6 Å². The summed E-state index contributed by atoms with van der Waals surface area (Å²) in [4.78, 5) is 21.2. The molecule has 2 aromatic heterocycles. The van der Waals surface area contributed by atoms with E-state index in [1.165, 1.54) is 16.9 Å². The third-order valence-corrected chi connectivity index (χ3v) is 5.59. The van der Waals surface area contributed by atoms with Crippen molar-refractivity contribution < 1.29 is 13.9 Å². The summed E-state index contributed by atoms with van der Waals surface area (Å²) in [6.45, 7) is 4.06. The summed E-state index contributed by atoms with van der Waals surface area (Å²) in [5.41, 5.74) is 4.95. The maximum absolute atomic E-state index is 12.4. The Balaban J connectivity index is 1.36. The molecule has 0 radical (unpaired) electrons. The molecule has 158 valence electrons. The number of anilines is 1. The van der Waals surface area contributed by atoms with Crippen molar-refractivity contribution in [3.63, 3.8) is 0 Å². The highest BCUT2D eigenvalue weighted by Gasteiger charge is 2.13. The number of ether oxygens (including phenoxy) is 1. The molecule has 1 N–H and O–H groups in total. The molecule has 0 aliphatic carbocycles. The van der Waals surface area contributed by atoms with Gasteiger partial charge in [0.15, 0.2) is 16.8 Å². The minimum absolute atomic E-state index is 0.132. The first-order valence-electron chi connectivity index (χ1n) is 9.94. The van der Waals surface area contributed by atoms with Crippen molar-refractivity contribution in [3.05, 3.63) is 71.1 Å². The normalized spacial score (nSPS) is 10.8. The lowest BCUT2D eigenvalue weighted by Gasteiger charge is -2.07. The molecule has 0 saturated carbocycles. The van der Waals surface area contributed by atoms with Crippen LogP contribution in [0.15, 0.2) is 58.5 Å². The number of aryl methyl sites for hydroxylation is 3. The van der Waals surface area contributed by atoms with Crippen LogP contribution in [-0.2, 0) is 11.2 Å². The fourth-order valence-corrected chi connectivity index (χ4v) is 3.88. The third-order valence-electron chi connectivity index (χ3n) is 4.84. The van der Waals surface area contributed by atoms with E-state index < -0.39 is 0 Å². The number of carbonyl (C=O) groups is 1. The van der Waals surface area contributed by atoms with Crippen molar-refractivity contribution in [1.29, 1.82) is 0 Å². The molecule has 31 heavy (non-hydrogen) atoms. The van der Waals surface area contributed by atoms with Gasteiger partial charge in [0.25, 0.3) is 0 Å². The van der Waals surface area contributed by atoms with Gasteiger partial charge in [-0.15, -0.1) is 11.3 Å². The molecule has 0 atom stereocenters. The van der Waals surface area contributed by atoms with E-state index in [1.54, 1.807) is 13.3 Å². The predicted molar refractivity (Wildman–Crippen MR) is 122 cm³/mol. The molecule has 0 aliphatic rings. The summed E-state index contributed by atoms with van der Waals surface area (Å²) in [6.07, 6.45) is 2.37. The fraction of sp³-hybridized carbons (Fsp3) is 0.208. The van der Waals surface area contributed by atoms with Gasteiger partial charge in [-0.1, -0.05) is 41.5 Å². The van der Waals surface area contributed by atoms with Gasteiger partial charge >= 0.3 is 0 Å². The highest BCUT2D eigenvalue weighted by atomic mass is 32.1. The van der Waals surface area contributed by atoms with Gasteiger partial charge in [-0.3, -0.25) is 4.79 Å². The SMILES string of the molecule is COc1ccc(C)cc1-c1csc(NC(=O)CCc2ncc(-c3ccc(C)cc3)o2)n1. The molecular formula is C24H23N3O3S. The Hall–Kier alpha value is -3.45. The van der Waals surface area contributed by atoms with E-state index in [4.69, 9.17) is 9.15 Å². The molecule has 6 nitrogen and oxygen atoms in total. The number of rotatable bonds is 7. The van der Waals surface area contributed by atoms with Crippen molar-refractivity contribution in [3.8, 4) is 28.3 Å². The zero-order valence-electron chi connectivity index (χ0n) is 17.6. The Morgan fingerprint density at radius 3 is 2.68 bits per heavy atom. The number of thiazole rings is 1. The number of hydrogen-bond acceptors (Lipinski definition) is 6. The second-order valence-electron chi connectivity index (χ2n) is 7.27. The Labute approximate surface area is 184 Å². The Morgan fingerprint density at radius 1 is 1.13 bits per heavy atom. The molecular weight excluding hydrogens is 410 g/mol. The van der Waals surface area contributed by atoms with Crippen molar-refractivity contribution in [2.24, 2.45) is 0 Å². The summed E-state index contributed by atoms with van der Waals surface area (Å²) in [5, 5.41) is 5.32. The summed E-state index contributed by atoms with van der Waals surface area (Å²) < 4.78 is 11.2. The molecule has 0 unspecified atom stereocenters. The van der Waals surface area contributed by atoms with E-state index in [-0.39, 0.29) is 12.3 Å². The van der Waals surface area contributed by atoms with Crippen LogP contribution in [0, 0.1) is 13.8 Å². The summed E-state index contributed by atoms with van der Waals surface area (Å²) in [6, 6.07) is 14.0. The number of nitrogens with one attached hydrogen (secondary N) is 1. The van der Waals surface area contributed by atoms with Crippen LogP contribution in [0.3, 0.4) is 0 Å². The molecule has 0 bridgehead atoms. The smallest absolute Gasteiger partial charge is 0.226 e. The average Bonchev–Trinajstić information content (AvgIpc) is 3.42. The molecule has 2 aromatic carbocycles. The minimum Gasteiger partial charge on any atom is -0.496 e. The number of aromatic nitrogens is 2. The highest BCUT2D eigenvalue weighted by molar-refractivity contribution is 7.14. The first-order chi connectivity index (χ1) is 15.0. The molecule has 4 aromatic rings. The van der Waals surface area contributed by atoms with Crippen LogP contribution in [0.5, 0.6) is 5.75 Å². The molecule has 0 spiro atoms. The van der Waals surface area contributed by atoms with Gasteiger partial charge in [0.2, 0.25) is 5.91 Å².